The van der Waals surface area contributed by atoms with Gasteiger partial charge in [-0.2, -0.15) is 5.10 Å². The molecule has 0 aromatic carbocycles. The number of hydrogen-bond acceptors (Lipinski definition) is 6. The number of fused-ring (bicyclic) bond motifs is 1. The van der Waals surface area contributed by atoms with Gasteiger partial charge in [-0.15, -0.1) is 0 Å². The first-order valence-electron chi connectivity index (χ1n) is 9.62. The van der Waals surface area contributed by atoms with Crippen LogP contribution in [0.25, 0.3) is 5.65 Å². The lowest BCUT2D eigenvalue weighted by atomic mass is 10.0. The molecule has 0 unspecified atom stereocenters. The van der Waals surface area contributed by atoms with E-state index in [1.807, 2.05) is 6.07 Å². The normalized spacial score (nSPS) is 22.7. The van der Waals surface area contributed by atoms with Gasteiger partial charge in [0.05, 0.1) is 18.1 Å². The first-order chi connectivity index (χ1) is 13.4. The number of hydrogen-bond donors (Lipinski definition) is 1. The third kappa shape index (κ3) is 3.51. The monoisotopic (exact) mass is 406 g/mol. The molecule has 10 heteroatoms. The number of amides is 1. The molecule has 1 atom stereocenters. The van der Waals surface area contributed by atoms with Crippen molar-refractivity contribution in [3.63, 3.8) is 0 Å². The molecule has 1 amide bonds. The summed E-state index contributed by atoms with van der Waals surface area (Å²) in [6, 6.07) is 2.40. The molecule has 4 rings (SSSR count). The van der Waals surface area contributed by atoms with Crippen molar-refractivity contribution in [1.29, 1.82) is 0 Å². The Hall–Kier alpha value is -2.04. The molecule has 0 bridgehead atoms. The Labute approximate surface area is 164 Å². The summed E-state index contributed by atoms with van der Waals surface area (Å²) >= 11 is 0. The van der Waals surface area contributed by atoms with Crippen molar-refractivity contribution in [3.8, 4) is 0 Å². The van der Waals surface area contributed by atoms with E-state index in [1.165, 1.54) is 6.26 Å². The Morgan fingerprint density at radius 2 is 1.96 bits per heavy atom. The summed E-state index contributed by atoms with van der Waals surface area (Å²) in [4.78, 5) is 18.8. The third-order valence-corrected chi connectivity index (χ3v) is 7.25. The van der Waals surface area contributed by atoms with Crippen LogP contribution in [0.3, 0.4) is 0 Å². The molecule has 0 spiro atoms. The number of rotatable bonds is 4. The topological polar surface area (TPSA) is 99.9 Å². The highest BCUT2D eigenvalue weighted by molar-refractivity contribution is 7.88. The molecule has 0 radical (unpaired) electrons. The average Bonchev–Trinajstić information content (AvgIpc) is 3.34. The Morgan fingerprint density at radius 3 is 2.64 bits per heavy atom. The fourth-order valence-electron chi connectivity index (χ4n) is 4.41. The van der Waals surface area contributed by atoms with Gasteiger partial charge in [-0.25, -0.2) is 22.2 Å². The zero-order valence-corrected chi connectivity index (χ0v) is 17.0. The first-order valence-corrected chi connectivity index (χ1v) is 11.5. The zero-order valence-electron chi connectivity index (χ0n) is 16.2. The highest BCUT2D eigenvalue weighted by Gasteiger charge is 2.34. The lowest BCUT2D eigenvalue weighted by Gasteiger charge is -2.35. The number of nitrogens with zero attached hydrogens (tertiary/aromatic N) is 5. The Bertz CT molecular complexity index is 980. The molecule has 1 N–H and O–H groups in total. The minimum atomic E-state index is -3.09. The standard InChI is InChI=1S/C18H26N6O3S/c1-19-18(25)15-11-21-24-16(3-7-20-17(15)24)13-4-8-22(12-13)14-5-9-23(10-6-14)28(2,26)27/h3,7,11,13-14H,4-6,8-10,12H2,1-2H3,(H,19,25)/t13-/m0/s1. The van der Waals surface area contributed by atoms with E-state index in [0.717, 1.165) is 38.0 Å². The second-order valence-electron chi connectivity index (χ2n) is 7.62. The predicted octanol–water partition coefficient (Wildman–Crippen LogP) is 0.302. The van der Waals surface area contributed by atoms with Gasteiger partial charge in [0.15, 0.2) is 5.65 Å². The summed E-state index contributed by atoms with van der Waals surface area (Å²) in [6.45, 7) is 3.09. The lowest BCUT2D eigenvalue weighted by molar-refractivity contribution is 0.0964. The summed E-state index contributed by atoms with van der Waals surface area (Å²) < 4.78 is 26.8. The minimum absolute atomic E-state index is 0.190. The van der Waals surface area contributed by atoms with E-state index >= 15 is 0 Å². The van der Waals surface area contributed by atoms with Gasteiger partial charge in [0, 0.05) is 44.8 Å². The molecule has 0 aliphatic carbocycles. The minimum Gasteiger partial charge on any atom is -0.355 e. The van der Waals surface area contributed by atoms with E-state index in [-0.39, 0.29) is 5.91 Å². The van der Waals surface area contributed by atoms with Crippen molar-refractivity contribution < 1.29 is 13.2 Å². The fourth-order valence-corrected chi connectivity index (χ4v) is 5.29. The molecule has 2 aromatic rings. The molecule has 28 heavy (non-hydrogen) atoms. The van der Waals surface area contributed by atoms with Crippen LogP contribution in [0.5, 0.6) is 0 Å². The van der Waals surface area contributed by atoms with Gasteiger partial charge in [-0.05, 0) is 31.9 Å². The number of piperidine rings is 1. The number of likely N-dealkylation sites (tertiary alicyclic amines) is 1. The van der Waals surface area contributed by atoms with Crippen molar-refractivity contribution in [2.24, 2.45) is 0 Å². The highest BCUT2D eigenvalue weighted by Crippen LogP contribution is 2.31. The summed E-state index contributed by atoms with van der Waals surface area (Å²) in [6.07, 6.45) is 7.35. The fraction of sp³-hybridized carbons (Fsp3) is 0.611. The molecule has 152 valence electrons. The molecule has 9 nitrogen and oxygen atoms in total. The van der Waals surface area contributed by atoms with E-state index in [0.29, 0.717) is 36.3 Å². The van der Waals surface area contributed by atoms with Crippen molar-refractivity contribution in [2.75, 3.05) is 39.5 Å². The Morgan fingerprint density at radius 1 is 1.21 bits per heavy atom. The highest BCUT2D eigenvalue weighted by atomic mass is 32.2. The largest absolute Gasteiger partial charge is 0.355 e. The molecule has 2 aliphatic heterocycles. The van der Waals surface area contributed by atoms with Crippen LogP contribution in [0.4, 0.5) is 0 Å². The van der Waals surface area contributed by atoms with Gasteiger partial charge in [0.2, 0.25) is 10.0 Å². The second kappa shape index (κ2) is 7.41. The van der Waals surface area contributed by atoms with Crippen LogP contribution in [0.1, 0.15) is 41.2 Å². The molecular weight excluding hydrogens is 380 g/mol. The number of sulfonamides is 1. The van der Waals surface area contributed by atoms with Crippen molar-refractivity contribution in [3.05, 3.63) is 29.7 Å². The molecule has 2 aliphatic rings. The predicted molar refractivity (Wildman–Crippen MR) is 105 cm³/mol. The van der Waals surface area contributed by atoms with Gasteiger partial charge < -0.3 is 5.32 Å². The molecule has 0 saturated carbocycles. The molecule has 2 saturated heterocycles. The number of carbonyl (C=O) groups excluding carboxylic acids is 1. The van der Waals surface area contributed by atoms with E-state index in [2.05, 4.69) is 20.3 Å². The van der Waals surface area contributed by atoms with Gasteiger partial charge in [-0.1, -0.05) is 0 Å². The second-order valence-corrected chi connectivity index (χ2v) is 9.60. The maximum absolute atomic E-state index is 12.0. The van der Waals surface area contributed by atoms with Gasteiger partial charge >= 0.3 is 0 Å². The van der Waals surface area contributed by atoms with Crippen molar-refractivity contribution >= 4 is 21.6 Å². The van der Waals surface area contributed by atoms with E-state index in [4.69, 9.17) is 0 Å². The zero-order chi connectivity index (χ0) is 19.9. The van der Waals surface area contributed by atoms with Crippen LogP contribution in [0.15, 0.2) is 18.5 Å². The van der Waals surface area contributed by atoms with Crippen molar-refractivity contribution in [2.45, 2.75) is 31.2 Å². The van der Waals surface area contributed by atoms with E-state index < -0.39 is 10.0 Å². The van der Waals surface area contributed by atoms with Crippen LogP contribution >= 0.6 is 0 Å². The number of aromatic nitrogens is 3. The summed E-state index contributed by atoms with van der Waals surface area (Å²) in [7, 11) is -1.50. The van der Waals surface area contributed by atoms with Crippen LogP contribution < -0.4 is 5.32 Å². The first kappa shape index (κ1) is 19.3. The van der Waals surface area contributed by atoms with Gasteiger partial charge in [-0.3, -0.25) is 9.69 Å². The Kier molecular flexibility index (Phi) is 5.11. The van der Waals surface area contributed by atoms with E-state index in [9.17, 15) is 13.2 Å². The molecule has 4 heterocycles. The van der Waals surface area contributed by atoms with Crippen LogP contribution in [-0.2, 0) is 10.0 Å². The number of carbonyl (C=O) groups is 1. The lowest BCUT2D eigenvalue weighted by Crippen LogP contribution is -2.45. The third-order valence-electron chi connectivity index (χ3n) is 5.95. The number of nitrogens with one attached hydrogen (secondary N) is 1. The molecular formula is C18H26N6O3S. The van der Waals surface area contributed by atoms with Crippen LogP contribution in [0, 0.1) is 0 Å². The SMILES string of the molecule is CNC(=O)c1cnn2c([C@H]3CCN(C4CCN(S(C)(=O)=O)CC4)C3)ccnc12. The smallest absolute Gasteiger partial charge is 0.256 e. The summed E-state index contributed by atoms with van der Waals surface area (Å²) in [5, 5.41) is 7.03. The molecule has 2 aromatic heterocycles. The van der Waals surface area contributed by atoms with Crippen LogP contribution in [0.2, 0.25) is 0 Å². The maximum atomic E-state index is 12.0. The Balaban J connectivity index is 1.48. The molecule has 2 fully saturated rings. The van der Waals surface area contributed by atoms with Gasteiger partial charge in [0.1, 0.15) is 5.56 Å². The average molecular weight is 407 g/mol. The van der Waals surface area contributed by atoms with E-state index in [1.54, 1.807) is 28.3 Å². The summed E-state index contributed by atoms with van der Waals surface area (Å²) in [5.41, 5.74) is 2.13. The van der Waals surface area contributed by atoms with Crippen molar-refractivity contribution in [1.82, 2.24) is 29.1 Å². The van der Waals surface area contributed by atoms with Gasteiger partial charge in [0.25, 0.3) is 5.91 Å². The maximum Gasteiger partial charge on any atom is 0.256 e. The van der Waals surface area contributed by atoms with Crippen LogP contribution in [-0.4, -0.2) is 83.7 Å². The summed E-state index contributed by atoms with van der Waals surface area (Å²) in [5.74, 6) is 0.126. The quantitative estimate of drug-likeness (QED) is 0.784.